The molecule has 4 nitrogen and oxygen atoms in total. The van der Waals surface area contributed by atoms with Gasteiger partial charge in [-0.05, 0) is 18.2 Å². The van der Waals surface area contributed by atoms with Gasteiger partial charge >= 0.3 is 0 Å². The van der Waals surface area contributed by atoms with E-state index >= 15 is 0 Å². The number of hydrogen-bond donors (Lipinski definition) is 0. The first-order chi connectivity index (χ1) is 7.72. The van der Waals surface area contributed by atoms with Crippen molar-refractivity contribution in [3.63, 3.8) is 0 Å². The lowest BCUT2D eigenvalue weighted by Gasteiger charge is -2.15. The minimum absolute atomic E-state index is 0.0160. The van der Waals surface area contributed by atoms with Gasteiger partial charge in [0.2, 0.25) is 6.79 Å². The van der Waals surface area contributed by atoms with E-state index in [1.165, 1.54) is 0 Å². The maximum absolute atomic E-state index is 11.9. The van der Waals surface area contributed by atoms with Gasteiger partial charge in [0.05, 0.1) is 0 Å². The molecule has 1 aromatic rings. The highest BCUT2D eigenvalue weighted by Gasteiger charge is 2.17. The van der Waals surface area contributed by atoms with Gasteiger partial charge in [0.15, 0.2) is 11.5 Å². The van der Waals surface area contributed by atoms with Gasteiger partial charge in [-0.3, -0.25) is 4.79 Å². The van der Waals surface area contributed by atoms with Crippen molar-refractivity contribution < 1.29 is 14.3 Å². The van der Waals surface area contributed by atoms with E-state index in [-0.39, 0.29) is 12.7 Å². The smallest absolute Gasteiger partial charge is 0.253 e. The van der Waals surface area contributed by atoms with E-state index in [0.717, 1.165) is 5.33 Å². The minimum Gasteiger partial charge on any atom is -0.454 e. The zero-order chi connectivity index (χ0) is 11.5. The molecule has 1 aliphatic rings. The van der Waals surface area contributed by atoms with Crippen molar-refractivity contribution in [1.29, 1.82) is 0 Å². The first kappa shape index (κ1) is 11.3. The summed E-state index contributed by atoms with van der Waals surface area (Å²) in [5, 5.41) is 0.764. The van der Waals surface area contributed by atoms with Crippen LogP contribution in [-0.4, -0.2) is 36.5 Å². The molecule has 0 aromatic heterocycles. The van der Waals surface area contributed by atoms with E-state index in [1.54, 1.807) is 30.1 Å². The average molecular weight is 286 g/mol. The molecular weight excluding hydrogens is 274 g/mol. The number of nitrogens with zero attached hydrogens (tertiary/aromatic N) is 1. The summed E-state index contributed by atoms with van der Waals surface area (Å²) < 4.78 is 10.4. The van der Waals surface area contributed by atoms with Crippen LogP contribution in [0.3, 0.4) is 0 Å². The van der Waals surface area contributed by atoms with Crippen LogP contribution in [0, 0.1) is 0 Å². The second kappa shape index (κ2) is 4.74. The normalized spacial score (nSPS) is 12.6. The number of carbonyl (C=O) groups is 1. The number of carbonyl (C=O) groups excluding carboxylic acids is 1. The number of rotatable bonds is 3. The molecule has 1 aliphatic heterocycles. The van der Waals surface area contributed by atoms with Gasteiger partial charge in [-0.2, -0.15) is 0 Å². The highest BCUT2D eigenvalue weighted by molar-refractivity contribution is 9.09. The Morgan fingerprint density at radius 3 is 2.94 bits per heavy atom. The van der Waals surface area contributed by atoms with Crippen LogP contribution in [0.2, 0.25) is 0 Å². The molecule has 0 bridgehead atoms. The molecule has 0 saturated heterocycles. The molecule has 0 saturated carbocycles. The lowest BCUT2D eigenvalue weighted by molar-refractivity contribution is 0.0803. The van der Waals surface area contributed by atoms with Crippen molar-refractivity contribution in [2.24, 2.45) is 0 Å². The molecule has 86 valence electrons. The van der Waals surface area contributed by atoms with Gasteiger partial charge in [0.1, 0.15) is 0 Å². The maximum Gasteiger partial charge on any atom is 0.253 e. The Bertz CT molecular complexity index is 408. The van der Waals surface area contributed by atoms with Crippen LogP contribution < -0.4 is 9.47 Å². The Morgan fingerprint density at radius 2 is 2.19 bits per heavy atom. The van der Waals surface area contributed by atoms with Crippen molar-refractivity contribution in [2.45, 2.75) is 0 Å². The Labute approximate surface area is 102 Å². The molecule has 0 unspecified atom stereocenters. The maximum atomic E-state index is 11.9. The van der Waals surface area contributed by atoms with Crippen LogP contribution in [0.1, 0.15) is 10.4 Å². The predicted octanol–water partition coefficient (Wildman–Crippen LogP) is 1.88. The average Bonchev–Trinajstić information content (AvgIpc) is 2.75. The molecule has 0 aliphatic carbocycles. The van der Waals surface area contributed by atoms with Crippen LogP contribution in [0.15, 0.2) is 18.2 Å². The number of halogens is 1. The van der Waals surface area contributed by atoms with Gasteiger partial charge in [0.25, 0.3) is 5.91 Å². The third kappa shape index (κ3) is 2.14. The Hall–Kier alpha value is -1.23. The minimum atomic E-state index is -0.0160. The van der Waals surface area contributed by atoms with Gasteiger partial charge in [-0.1, -0.05) is 15.9 Å². The zero-order valence-electron chi connectivity index (χ0n) is 8.90. The standard InChI is InChI=1S/C11H12BrNO3/c1-13(5-4-12)11(14)8-2-3-9-10(6-8)16-7-15-9/h2-3,6H,4-5,7H2,1H3. The van der Waals surface area contributed by atoms with Gasteiger partial charge in [-0.25, -0.2) is 0 Å². The molecule has 1 heterocycles. The van der Waals surface area contributed by atoms with Crippen LogP contribution in [0.4, 0.5) is 0 Å². The Kier molecular flexibility index (Phi) is 3.33. The first-order valence-corrected chi connectivity index (χ1v) is 6.05. The van der Waals surface area contributed by atoms with Crippen LogP contribution >= 0.6 is 15.9 Å². The van der Waals surface area contributed by atoms with Crippen molar-refractivity contribution in [3.05, 3.63) is 23.8 Å². The summed E-state index contributed by atoms with van der Waals surface area (Å²) in [4.78, 5) is 13.6. The number of benzene rings is 1. The number of amides is 1. The van der Waals surface area contributed by atoms with E-state index < -0.39 is 0 Å². The lowest BCUT2D eigenvalue weighted by atomic mass is 10.2. The molecule has 0 atom stereocenters. The lowest BCUT2D eigenvalue weighted by Crippen LogP contribution is -2.28. The number of alkyl halides is 1. The molecule has 0 spiro atoms. The van der Waals surface area contributed by atoms with Crippen molar-refractivity contribution in [3.8, 4) is 11.5 Å². The van der Waals surface area contributed by atoms with Crippen molar-refractivity contribution in [2.75, 3.05) is 25.7 Å². The fraction of sp³-hybridized carbons (Fsp3) is 0.364. The van der Waals surface area contributed by atoms with Crippen LogP contribution in [0.5, 0.6) is 11.5 Å². The molecule has 1 amide bonds. The Balaban J connectivity index is 2.18. The second-order valence-corrected chi connectivity index (χ2v) is 4.28. The largest absolute Gasteiger partial charge is 0.454 e. The van der Waals surface area contributed by atoms with Crippen LogP contribution in [-0.2, 0) is 0 Å². The van der Waals surface area contributed by atoms with E-state index in [0.29, 0.717) is 23.6 Å². The van der Waals surface area contributed by atoms with Crippen LogP contribution in [0.25, 0.3) is 0 Å². The second-order valence-electron chi connectivity index (χ2n) is 3.48. The molecule has 16 heavy (non-hydrogen) atoms. The summed E-state index contributed by atoms with van der Waals surface area (Å²) >= 11 is 3.30. The summed E-state index contributed by atoms with van der Waals surface area (Å²) in [6, 6.07) is 5.23. The van der Waals surface area contributed by atoms with E-state index in [1.807, 2.05) is 0 Å². The molecule has 0 radical (unpaired) electrons. The molecule has 0 fully saturated rings. The third-order valence-corrected chi connectivity index (χ3v) is 2.74. The quantitative estimate of drug-likeness (QED) is 0.796. The zero-order valence-corrected chi connectivity index (χ0v) is 10.5. The fourth-order valence-corrected chi connectivity index (χ4v) is 2.01. The molecular formula is C11H12BrNO3. The Morgan fingerprint density at radius 1 is 1.44 bits per heavy atom. The monoisotopic (exact) mass is 285 g/mol. The van der Waals surface area contributed by atoms with E-state index in [4.69, 9.17) is 9.47 Å². The summed E-state index contributed by atoms with van der Waals surface area (Å²) in [6.45, 7) is 0.900. The van der Waals surface area contributed by atoms with Gasteiger partial charge in [0, 0.05) is 24.5 Å². The molecule has 1 aromatic carbocycles. The van der Waals surface area contributed by atoms with Gasteiger partial charge < -0.3 is 14.4 Å². The third-order valence-electron chi connectivity index (χ3n) is 2.39. The predicted molar refractivity (Wildman–Crippen MR) is 63.3 cm³/mol. The topological polar surface area (TPSA) is 38.8 Å². The SMILES string of the molecule is CN(CCBr)C(=O)c1ccc2c(c1)OCO2. The van der Waals surface area contributed by atoms with Crippen molar-refractivity contribution >= 4 is 21.8 Å². The molecule has 5 heteroatoms. The van der Waals surface area contributed by atoms with Gasteiger partial charge in [-0.15, -0.1) is 0 Å². The fourth-order valence-electron chi connectivity index (χ4n) is 1.48. The highest BCUT2D eigenvalue weighted by Crippen LogP contribution is 2.32. The first-order valence-electron chi connectivity index (χ1n) is 4.93. The van der Waals surface area contributed by atoms with E-state index in [2.05, 4.69) is 15.9 Å². The summed E-state index contributed by atoms with van der Waals surface area (Å²) in [5.74, 6) is 1.32. The van der Waals surface area contributed by atoms with Crippen molar-refractivity contribution in [1.82, 2.24) is 4.90 Å². The summed E-state index contributed by atoms with van der Waals surface area (Å²) in [5.41, 5.74) is 0.618. The number of hydrogen-bond acceptors (Lipinski definition) is 3. The number of fused-ring (bicyclic) bond motifs is 1. The molecule has 2 rings (SSSR count). The summed E-state index contributed by atoms with van der Waals surface area (Å²) in [7, 11) is 1.77. The van der Waals surface area contributed by atoms with E-state index in [9.17, 15) is 4.79 Å². The molecule has 0 N–H and O–H groups in total. The number of ether oxygens (including phenoxy) is 2. The summed E-state index contributed by atoms with van der Waals surface area (Å²) in [6.07, 6.45) is 0. The highest BCUT2D eigenvalue weighted by atomic mass is 79.9.